The number of piperidine rings is 1. The second-order valence-electron chi connectivity index (χ2n) is 4.67. The molecule has 0 amide bonds. The minimum Gasteiger partial charge on any atom is -0.317 e. The summed E-state index contributed by atoms with van der Waals surface area (Å²) in [7, 11) is 1.80. The summed E-state index contributed by atoms with van der Waals surface area (Å²) in [5.74, 6) is 0.817. The molecule has 0 aromatic carbocycles. The van der Waals surface area contributed by atoms with Gasteiger partial charge in [-0.15, -0.1) is 10.2 Å². The number of pyridine rings is 1. The van der Waals surface area contributed by atoms with Gasteiger partial charge < -0.3 is 5.32 Å². The predicted octanol–water partition coefficient (Wildman–Crippen LogP) is 0.275. The van der Waals surface area contributed by atoms with Gasteiger partial charge in [0.2, 0.25) is 0 Å². The Morgan fingerprint density at radius 3 is 2.56 bits per heavy atom. The highest BCUT2D eigenvalue weighted by Crippen LogP contribution is 2.37. The van der Waals surface area contributed by atoms with E-state index in [4.69, 9.17) is 0 Å². The monoisotopic (exact) mass is 244 g/mol. The minimum atomic E-state index is -0.123. The SMILES string of the molecule is Cn1nnc(C2(c3ccncc3)CCNCC2)n1. The highest BCUT2D eigenvalue weighted by molar-refractivity contribution is 5.31. The first-order chi connectivity index (χ1) is 8.81. The molecule has 1 N–H and O–H groups in total. The Hall–Kier alpha value is -1.82. The van der Waals surface area contributed by atoms with Crippen LogP contribution in [0.4, 0.5) is 0 Å². The van der Waals surface area contributed by atoms with Gasteiger partial charge in [0.05, 0.1) is 12.5 Å². The molecular formula is C12H16N6. The standard InChI is InChI=1S/C12H16N6/c1-18-16-11(15-17-18)12(4-8-14-9-5-12)10-2-6-13-7-3-10/h2-3,6-7,14H,4-5,8-9H2,1H3. The van der Waals surface area contributed by atoms with Crippen molar-refractivity contribution in [3.63, 3.8) is 0 Å². The molecule has 2 aromatic rings. The van der Waals surface area contributed by atoms with Gasteiger partial charge in [0.15, 0.2) is 5.82 Å². The number of nitrogens with zero attached hydrogens (tertiary/aromatic N) is 5. The van der Waals surface area contributed by atoms with Crippen LogP contribution in [0.3, 0.4) is 0 Å². The third-order valence-corrected chi connectivity index (χ3v) is 3.63. The zero-order valence-corrected chi connectivity index (χ0v) is 10.4. The van der Waals surface area contributed by atoms with Gasteiger partial charge in [-0.25, -0.2) is 0 Å². The lowest BCUT2D eigenvalue weighted by Gasteiger charge is -2.35. The van der Waals surface area contributed by atoms with Crippen molar-refractivity contribution < 1.29 is 0 Å². The first kappa shape index (κ1) is 11.3. The van der Waals surface area contributed by atoms with E-state index in [1.54, 1.807) is 7.05 Å². The number of nitrogens with one attached hydrogen (secondary N) is 1. The van der Waals surface area contributed by atoms with Crippen LogP contribution in [0, 0.1) is 0 Å². The van der Waals surface area contributed by atoms with Gasteiger partial charge in [0.25, 0.3) is 0 Å². The molecule has 0 unspecified atom stereocenters. The number of hydrogen-bond donors (Lipinski definition) is 1. The first-order valence-corrected chi connectivity index (χ1v) is 6.17. The summed E-state index contributed by atoms with van der Waals surface area (Å²) in [6, 6.07) is 4.11. The Balaban J connectivity index is 2.09. The molecular weight excluding hydrogens is 228 g/mol. The van der Waals surface area contributed by atoms with Crippen molar-refractivity contribution in [2.24, 2.45) is 7.05 Å². The van der Waals surface area contributed by atoms with Crippen LogP contribution in [0.5, 0.6) is 0 Å². The minimum absolute atomic E-state index is 0.123. The van der Waals surface area contributed by atoms with E-state index in [1.807, 2.05) is 12.4 Å². The van der Waals surface area contributed by atoms with Crippen LogP contribution in [0.15, 0.2) is 24.5 Å². The maximum atomic E-state index is 4.43. The molecule has 1 fully saturated rings. The molecule has 3 rings (SSSR count). The molecule has 0 aliphatic carbocycles. The molecule has 1 aliphatic heterocycles. The van der Waals surface area contributed by atoms with Crippen molar-refractivity contribution in [2.75, 3.05) is 13.1 Å². The Morgan fingerprint density at radius 1 is 1.22 bits per heavy atom. The van der Waals surface area contributed by atoms with Gasteiger partial charge in [0, 0.05) is 12.4 Å². The molecule has 18 heavy (non-hydrogen) atoms. The molecule has 94 valence electrons. The van der Waals surface area contributed by atoms with Gasteiger partial charge in [-0.2, -0.15) is 4.80 Å². The van der Waals surface area contributed by atoms with Gasteiger partial charge in [0.1, 0.15) is 0 Å². The number of rotatable bonds is 2. The van der Waals surface area contributed by atoms with Crippen molar-refractivity contribution in [1.82, 2.24) is 30.5 Å². The molecule has 0 atom stereocenters. The third-order valence-electron chi connectivity index (χ3n) is 3.63. The van der Waals surface area contributed by atoms with Crippen LogP contribution in [0.25, 0.3) is 0 Å². The summed E-state index contributed by atoms with van der Waals surface area (Å²) in [4.78, 5) is 5.62. The molecule has 1 saturated heterocycles. The van der Waals surface area contributed by atoms with Crippen molar-refractivity contribution in [2.45, 2.75) is 18.3 Å². The lowest BCUT2D eigenvalue weighted by Crippen LogP contribution is -2.41. The fraction of sp³-hybridized carbons (Fsp3) is 0.500. The summed E-state index contributed by atoms with van der Waals surface area (Å²) in [5.41, 5.74) is 1.11. The van der Waals surface area contributed by atoms with Crippen LogP contribution in [0.1, 0.15) is 24.2 Å². The van der Waals surface area contributed by atoms with Crippen LogP contribution in [-0.2, 0) is 12.5 Å². The fourth-order valence-corrected chi connectivity index (χ4v) is 2.64. The van der Waals surface area contributed by atoms with E-state index in [0.717, 1.165) is 31.8 Å². The number of tetrazole rings is 1. The summed E-state index contributed by atoms with van der Waals surface area (Å²) in [5, 5.41) is 16.0. The number of hydrogen-bond acceptors (Lipinski definition) is 5. The summed E-state index contributed by atoms with van der Waals surface area (Å²) in [6.45, 7) is 1.95. The largest absolute Gasteiger partial charge is 0.317 e. The Labute approximate surface area is 105 Å². The van der Waals surface area contributed by atoms with E-state index in [2.05, 4.69) is 37.8 Å². The summed E-state index contributed by atoms with van der Waals surface area (Å²) in [6.07, 6.45) is 5.64. The average molecular weight is 244 g/mol. The van der Waals surface area contributed by atoms with E-state index < -0.39 is 0 Å². The lowest BCUT2D eigenvalue weighted by molar-refractivity contribution is 0.344. The molecule has 3 heterocycles. The van der Waals surface area contributed by atoms with E-state index in [9.17, 15) is 0 Å². The van der Waals surface area contributed by atoms with Crippen LogP contribution in [0.2, 0.25) is 0 Å². The summed E-state index contributed by atoms with van der Waals surface area (Å²) >= 11 is 0. The van der Waals surface area contributed by atoms with Gasteiger partial charge >= 0.3 is 0 Å². The molecule has 1 aliphatic rings. The molecule has 6 heteroatoms. The van der Waals surface area contributed by atoms with E-state index in [-0.39, 0.29) is 5.41 Å². The Kier molecular flexibility index (Phi) is 2.79. The highest BCUT2D eigenvalue weighted by atomic mass is 15.6. The summed E-state index contributed by atoms with van der Waals surface area (Å²) < 4.78 is 0. The number of aryl methyl sites for hydroxylation is 1. The highest BCUT2D eigenvalue weighted by Gasteiger charge is 2.39. The second-order valence-corrected chi connectivity index (χ2v) is 4.67. The van der Waals surface area contributed by atoms with Crippen molar-refractivity contribution in [3.8, 4) is 0 Å². The van der Waals surface area contributed by atoms with Crippen LogP contribution in [-0.4, -0.2) is 38.3 Å². The fourth-order valence-electron chi connectivity index (χ4n) is 2.64. The molecule has 2 aromatic heterocycles. The van der Waals surface area contributed by atoms with E-state index in [1.165, 1.54) is 10.4 Å². The van der Waals surface area contributed by atoms with Crippen molar-refractivity contribution in [3.05, 3.63) is 35.9 Å². The molecule has 0 radical (unpaired) electrons. The maximum Gasteiger partial charge on any atom is 0.185 e. The lowest BCUT2D eigenvalue weighted by atomic mass is 9.73. The smallest absolute Gasteiger partial charge is 0.185 e. The topological polar surface area (TPSA) is 68.5 Å². The first-order valence-electron chi connectivity index (χ1n) is 6.17. The molecule has 0 spiro atoms. The maximum absolute atomic E-state index is 4.43. The van der Waals surface area contributed by atoms with Crippen LogP contribution < -0.4 is 5.32 Å². The predicted molar refractivity (Wildman–Crippen MR) is 65.9 cm³/mol. The third kappa shape index (κ3) is 1.78. The van der Waals surface area contributed by atoms with Crippen molar-refractivity contribution >= 4 is 0 Å². The van der Waals surface area contributed by atoms with Gasteiger partial charge in [-0.05, 0) is 48.8 Å². The molecule has 0 saturated carbocycles. The van der Waals surface area contributed by atoms with Gasteiger partial charge in [-0.1, -0.05) is 0 Å². The zero-order valence-electron chi connectivity index (χ0n) is 10.4. The molecule has 6 nitrogen and oxygen atoms in total. The van der Waals surface area contributed by atoms with Crippen molar-refractivity contribution in [1.29, 1.82) is 0 Å². The van der Waals surface area contributed by atoms with Gasteiger partial charge in [-0.3, -0.25) is 4.98 Å². The molecule has 0 bridgehead atoms. The number of aromatic nitrogens is 5. The van der Waals surface area contributed by atoms with Crippen LogP contribution >= 0.6 is 0 Å². The normalized spacial score (nSPS) is 18.7. The second kappa shape index (κ2) is 4.45. The van der Waals surface area contributed by atoms with E-state index >= 15 is 0 Å². The quantitative estimate of drug-likeness (QED) is 0.821. The van der Waals surface area contributed by atoms with E-state index in [0.29, 0.717) is 0 Å². The zero-order chi connectivity index (χ0) is 12.4. The Morgan fingerprint density at radius 2 is 1.94 bits per heavy atom. The Bertz CT molecular complexity index is 514. The average Bonchev–Trinajstić information content (AvgIpc) is 2.88.